The van der Waals surface area contributed by atoms with Crippen LogP contribution in [-0.4, -0.2) is 51.3 Å². The van der Waals surface area contributed by atoms with Crippen molar-refractivity contribution in [1.29, 1.82) is 0 Å². The van der Waals surface area contributed by atoms with Crippen LogP contribution in [0.4, 0.5) is 4.20 Å². The molecular formula is C20H32FN2O3P. The molecule has 2 rings (SSSR count). The fourth-order valence-electron chi connectivity index (χ4n) is 2.26. The van der Waals surface area contributed by atoms with Gasteiger partial charge in [-0.2, -0.15) is 0 Å². The van der Waals surface area contributed by atoms with Gasteiger partial charge in [0.05, 0.1) is 42.3 Å². The highest BCUT2D eigenvalue weighted by atomic mass is 31.2. The summed E-state index contributed by atoms with van der Waals surface area (Å²) in [7, 11) is 7.57. The molecule has 5 nitrogen and oxygen atoms in total. The van der Waals surface area contributed by atoms with E-state index in [9.17, 15) is 4.20 Å². The monoisotopic (exact) mass is 398 g/mol. The molecule has 2 aromatic carbocycles. The Hall–Kier alpha value is -1.56. The van der Waals surface area contributed by atoms with Crippen LogP contribution in [0.15, 0.2) is 60.7 Å². The van der Waals surface area contributed by atoms with Gasteiger partial charge in [-0.15, -0.1) is 0 Å². The average Bonchev–Trinajstić information content (AvgIpc) is 2.44. The molecular weight excluding hydrogens is 366 g/mol. The molecule has 0 aliphatic carbocycles. The maximum absolute atomic E-state index is 10.1. The fraction of sp³-hybridized carbons (Fsp3) is 0.400. The van der Waals surface area contributed by atoms with E-state index in [2.05, 4.69) is 103 Å². The first-order valence-electron chi connectivity index (χ1n) is 8.56. The zero-order valence-corrected chi connectivity index (χ0v) is 18.0. The Balaban J connectivity index is 0.000000405. The number of halogens is 1. The highest BCUT2D eigenvalue weighted by Crippen LogP contribution is 2.22. The molecule has 0 bridgehead atoms. The van der Waals surface area contributed by atoms with Gasteiger partial charge in [-0.05, 0) is 0 Å². The Bertz CT molecular complexity index is 618. The Kier molecular flexibility index (Phi) is 10.7. The molecule has 0 radical (unpaired) electrons. The van der Waals surface area contributed by atoms with E-state index < -0.39 is 7.91 Å². The molecule has 0 unspecified atom stereocenters. The standard InChI is InChI=1S/2C10H16N.FH2O3P/c2*1-11(2,3)9-10-7-5-4-6-8-10;1-5(2,3)4/h2*4-8H,9H2,1-3H3;(H2,2,3,4)/q2*+1;/p-2. The molecule has 0 spiro atoms. The summed E-state index contributed by atoms with van der Waals surface area (Å²) < 4.78 is 20.5. The van der Waals surface area contributed by atoms with Gasteiger partial charge < -0.3 is 23.3 Å². The Labute approximate surface area is 163 Å². The summed E-state index contributed by atoms with van der Waals surface area (Å²) in [6, 6.07) is 21.1. The first kappa shape index (κ1) is 25.4. The maximum Gasteiger partial charge on any atom is 0.110 e. The minimum Gasteiger partial charge on any atom is -0.786 e. The van der Waals surface area contributed by atoms with E-state index in [1.54, 1.807) is 0 Å². The Morgan fingerprint density at radius 3 is 1.11 bits per heavy atom. The topological polar surface area (TPSA) is 63.2 Å². The molecule has 152 valence electrons. The molecule has 0 N–H and O–H groups in total. The lowest BCUT2D eigenvalue weighted by Gasteiger charge is -2.23. The highest BCUT2D eigenvalue weighted by Gasteiger charge is 2.07. The molecule has 2 aromatic rings. The van der Waals surface area contributed by atoms with Crippen LogP contribution in [0.3, 0.4) is 0 Å². The number of rotatable bonds is 4. The molecule has 7 heteroatoms. The zero-order valence-electron chi connectivity index (χ0n) is 17.1. The Morgan fingerprint density at radius 2 is 0.926 bits per heavy atom. The normalized spacial score (nSPS) is 11.6. The van der Waals surface area contributed by atoms with Crippen molar-refractivity contribution in [3.63, 3.8) is 0 Å². The van der Waals surface area contributed by atoms with E-state index >= 15 is 0 Å². The zero-order chi connectivity index (χ0) is 21.1. The molecule has 27 heavy (non-hydrogen) atoms. The lowest BCUT2D eigenvalue weighted by molar-refractivity contribution is -0.884. The average molecular weight is 398 g/mol. The van der Waals surface area contributed by atoms with Gasteiger partial charge in [0.15, 0.2) is 0 Å². The van der Waals surface area contributed by atoms with Crippen molar-refractivity contribution in [2.24, 2.45) is 0 Å². The van der Waals surface area contributed by atoms with E-state index in [-0.39, 0.29) is 0 Å². The minimum atomic E-state index is -5.64. The molecule has 0 saturated carbocycles. The summed E-state index contributed by atoms with van der Waals surface area (Å²) in [5.74, 6) is 0. The van der Waals surface area contributed by atoms with E-state index in [1.165, 1.54) is 11.1 Å². The smallest absolute Gasteiger partial charge is 0.110 e. The van der Waals surface area contributed by atoms with Gasteiger partial charge in [-0.3, -0.25) is 0 Å². The lowest BCUT2D eigenvalue weighted by Crippen LogP contribution is -2.33. The van der Waals surface area contributed by atoms with Gasteiger partial charge in [0, 0.05) is 11.1 Å². The maximum atomic E-state index is 10.1. The SMILES string of the molecule is C[N+](C)(C)Cc1ccccc1.C[N+](C)(C)Cc1ccccc1.O=P([O-])([O-])F. The van der Waals surface area contributed by atoms with Crippen LogP contribution in [-0.2, 0) is 17.7 Å². The molecule has 0 fully saturated rings. The lowest BCUT2D eigenvalue weighted by atomic mass is 10.2. The quantitative estimate of drug-likeness (QED) is 0.587. The number of quaternary nitrogens is 2. The van der Waals surface area contributed by atoms with E-state index in [0.29, 0.717) is 0 Å². The van der Waals surface area contributed by atoms with Crippen molar-refractivity contribution in [1.82, 2.24) is 0 Å². The number of benzene rings is 2. The number of nitrogens with zero attached hydrogens (tertiary/aromatic N) is 2. The van der Waals surface area contributed by atoms with Crippen molar-refractivity contribution < 1.29 is 27.5 Å². The van der Waals surface area contributed by atoms with Crippen LogP contribution < -0.4 is 9.79 Å². The molecule has 0 saturated heterocycles. The van der Waals surface area contributed by atoms with Gasteiger partial charge in [0.1, 0.15) is 21.0 Å². The first-order chi connectivity index (χ1) is 12.2. The van der Waals surface area contributed by atoms with Crippen LogP contribution in [0.5, 0.6) is 0 Å². The van der Waals surface area contributed by atoms with Crippen LogP contribution in [0, 0.1) is 0 Å². The van der Waals surface area contributed by atoms with Gasteiger partial charge in [-0.25, -0.2) is 4.20 Å². The summed E-state index contributed by atoms with van der Waals surface area (Å²) in [6.07, 6.45) is 0. The van der Waals surface area contributed by atoms with Crippen molar-refractivity contribution in [2.45, 2.75) is 13.1 Å². The van der Waals surface area contributed by atoms with Crippen molar-refractivity contribution in [3.05, 3.63) is 71.8 Å². The van der Waals surface area contributed by atoms with Crippen molar-refractivity contribution in [2.75, 3.05) is 42.3 Å². The van der Waals surface area contributed by atoms with Gasteiger partial charge >= 0.3 is 0 Å². The van der Waals surface area contributed by atoms with E-state index in [1.807, 2.05) is 0 Å². The van der Waals surface area contributed by atoms with Crippen molar-refractivity contribution in [3.8, 4) is 0 Å². The minimum absolute atomic E-state index is 0.990. The molecule has 0 amide bonds. The predicted molar refractivity (Wildman–Crippen MR) is 105 cm³/mol. The molecule has 0 atom stereocenters. The van der Waals surface area contributed by atoms with Crippen LogP contribution >= 0.6 is 7.91 Å². The second-order valence-corrected chi connectivity index (χ2v) is 9.16. The van der Waals surface area contributed by atoms with Crippen molar-refractivity contribution >= 4 is 7.91 Å². The van der Waals surface area contributed by atoms with E-state index in [4.69, 9.17) is 14.4 Å². The molecule has 0 aliphatic rings. The second-order valence-electron chi connectivity index (χ2n) is 8.30. The summed E-state index contributed by atoms with van der Waals surface area (Å²) in [5, 5.41) is 0. The number of hydrogen-bond acceptors (Lipinski definition) is 3. The third-order valence-electron chi connectivity index (χ3n) is 3.00. The van der Waals surface area contributed by atoms with Crippen LogP contribution in [0.25, 0.3) is 0 Å². The summed E-state index contributed by atoms with van der Waals surface area (Å²) >= 11 is 0. The third-order valence-corrected chi connectivity index (χ3v) is 3.00. The molecule has 0 aliphatic heterocycles. The molecule has 0 heterocycles. The predicted octanol–water partition coefficient (Wildman–Crippen LogP) is 2.57. The number of hydrogen-bond donors (Lipinski definition) is 0. The van der Waals surface area contributed by atoms with Crippen LogP contribution in [0.1, 0.15) is 11.1 Å². The second kappa shape index (κ2) is 11.3. The largest absolute Gasteiger partial charge is 0.786 e. The first-order valence-corrected chi connectivity index (χ1v) is 9.99. The summed E-state index contributed by atoms with van der Waals surface area (Å²) in [6.45, 7) is 2.20. The van der Waals surface area contributed by atoms with Gasteiger partial charge in [-0.1, -0.05) is 60.7 Å². The fourth-order valence-corrected chi connectivity index (χ4v) is 2.26. The Morgan fingerprint density at radius 1 is 0.704 bits per heavy atom. The summed E-state index contributed by atoms with van der Waals surface area (Å²) in [4.78, 5) is 16.9. The third kappa shape index (κ3) is 20.6. The van der Waals surface area contributed by atoms with Gasteiger partial charge in [0.25, 0.3) is 0 Å². The highest BCUT2D eigenvalue weighted by molar-refractivity contribution is 7.42. The van der Waals surface area contributed by atoms with E-state index in [0.717, 1.165) is 22.1 Å². The van der Waals surface area contributed by atoms with Crippen LogP contribution in [0.2, 0.25) is 0 Å². The molecule has 0 aromatic heterocycles. The summed E-state index contributed by atoms with van der Waals surface area (Å²) in [5.41, 5.74) is 2.81. The van der Waals surface area contributed by atoms with Gasteiger partial charge in [0.2, 0.25) is 0 Å².